The Hall–Kier alpha value is -1.49. The van der Waals surface area contributed by atoms with Crippen molar-refractivity contribution >= 4 is 5.91 Å². The molecule has 0 spiro atoms. The van der Waals surface area contributed by atoms with Gasteiger partial charge in [-0.15, -0.1) is 0 Å². The van der Waals surface area contributed by atoms with Crippen LogP contribution in [0.2, 0.25) is 0 Å². The van der Waals surface area contributed by atoms with Crippen molar-refractivity contribution < 1.29 is 18.7 Å². The number of carbonyl (C=O) groups excluding carboxylic acids is 1. The molecular formula is C15H21F2NO2. The van der Waals surface area contributed by atoms with E-state index in [1.807, 2.05) is 13.8 Å². The third-order valence-corrected chi connectivity index (χ3v) is 3.16. The van der Waals surface area contributed by atoms with Crippen LogP contribution in [0.1, 0.15) is 32.3 Å². The van der Waals surface area contributed by atoms with Crippen LogP contribution in [0.3, 0.4) is 0 Å². The van der Waals surface area contributed by atoms with E-state index in [1.165, 1.54) is 12.1 Å². The van der Waals surface area contributed by atoms with Crippen molar-refractivity contribution in [3.63, 3.8) is 0 Å². The second-order valence-corrected chi connectivity index (χ2v) is 5.67. The lowest BCUT2D eigenvalue weighted by Gasteiger charge is -2.21. The van der Waals surface area contributed by atoms with E-state index in [-0.39, 0.29) is 29.9 Å². The van der Waals surface area contributed by atoms with Gasteiger partial charge in [-0.25, -0.2) is 8.78 Å². The van der Waals surface area contributed by atoms with Crippen LogP contribution in [-0.4, -0.2) is 24.2 Å². The normalized spacial score (nSPS) is 11.4. The minimum absolute atomic E-state index is 0.0539. The molecule has 0 aliphatic carbocycles. The summed E-state index contributed by atoms with van der Waals surface area (Å²) in [6.45, 7) is 4.43. The second-order valence-electron chi connectivity index (χ2n) is 5.67. The Labute approximate surface area is 118 Å². The number of nitrogens with one attached hydrogen (secondary N) is 1. The Balaban J connectivity index is 2.36. The van der Waals surface area contributed by atoms with E-state index in [4.69, 9.17) is 5.11 Å². The van der Waals surface area contributed by atoms with E-state index in [0.29, 0.717) is 6.54 Å². The molecule has 0 bridgehead atoms. The van der Waals surface area contributed by atoms with Crippen LogP contribution in [0.15, 0.2) is 18.2 Å². The zero-order valence-corrected chi connectivity index (χ0v) is 11.9. The van der Waals surface area contributed by atoms with Crippen molar-refractivity contribution in [2.24, 2.45) is 5.41 Å². The predicted molar refractivity (Wildman–Crippen MR) is 73.2 cm³/mol. The van der Waals surface area contributed by atoms with Crippen molar-refractivity contribution in [3.8, 4) is 0 Å². The van der Waals surface area contributed by atoms with Gasteiger partial charge in [-0.2, -0.15) is 0 Å². The molecule has 1 rings (SSSR count). The maximum absolute atomic E-state index is 13.4. The molecule has 0 aliphatic heterocycles. The Bertz CT molecular complexity index is 461. The fraction of sp³-hybridized carbons (Fsp3) is 0.533. The van der Waals surface area contributed by atoms with E-state index in [9.17, 15) is 13.6 Å². The largest absolute Gasteiger partial charge is 0.396 e. The third kappa shape index (κ3) is 5.25. The minimum atomic E-state index is -0.968. The highest BCUT2D eigenvalue weighted by molar-refractivity contribution is 5.78. The topological polar surface area (TPSA) is 49.3 Å². The number of carbonyl (C=O) groups is 1. The monoisotopic (exact) mass is 285 g/mol. The first-order valence-corrected chi connectivity index (χ1v) is 6.66. The number of amides is 1. The van der Waals surface area contributed by atoms with Crippen LogP contribution in [0.25, 0.3) is 0 Å². The summed E-state index contributed by atoms with van der Waals surface area (Å²) in [5.74, 6) is -2.25. The molecule has 112 valence electrons. The molecule has 0 unspecified atom stereocenters. The van der Waals surface area contributed by atoms with Gasteiger partial charge < -0.3 is 10.4 Å². The van der Waals surface area contributed by atoms with Gasteiger partial charge in [-0.05, 0) is 24.3 Å². The van der Waals surface area contributed by atoms with Gasteiger partial charge >= 0.3 is 0 Å². The second kappa shape index (κ2) is 7.33. The average molecular weight is 285 g/mol. The van der Waals surface area contributed by atoms with E-state index in [2.05, 4.69) is 5.32 Å². The lowest BCUT2D eigenvalue weighted by molar-refractivity contribution is -0.120. The summed E-state index contributed by atoms with van der Waals surface area (Å²) in [4.78, 5) is 11.6. The summed E-state index contributed by atoms with van der Waals surface area (Å²) in [5.41, 5.74) is -0.113. The fourth-order valence-corrected chi connectivity index (χ4v) is 1.79. The van der Waals surface area contributed by atoms with Crippen LogP contribution in [0, 0.1) is 17.0 Å². The lowest BCUT2D eigenvalue weighted by atomic mass is 9.89. The Morgan fingerprint density at radius 1 is 1.35 bits per heavy atom. The summed E-state index contributed by atoms with van der Waals surface area (Å²) >= 11 is 0. The van der Waals surface area contributed by atoms with Crippen LogP contribution in [0.5, 0.6) is 0 Å². The van der Waals surface area contributed by atoms with Gasteiger partial charge in [0.2, 0.25) is 5.91 Å². The molecule has 1 aromatic carbocycles. The molecule has 0 fully saturated rings. The highest BCUT2D eigenvalue weighted by atomic mass is 19.2. The first kappa shape index (κ1) is 16.6. The molecule has 0 heterocycles. The Morgan fingerprint density at radius 3 is 2.70 bits per heavy atom. The molecule has 0 atom stereocenters. The molecule has 0 aromatic heterocycles. The lowest BCUT2D eigenvalue weighted by Crippen LogP contribution is -2.28. The van der Waals surface area contributed by atoms with E-state index < -0.39 is 11.6 Å². The molecule has 20 heavy (non-hydrogen) atoms. The summed E-state index contributed by atoms with van der Waals surface area (Å²) in [6.07, 6.45) is 1.33. The van der Waals surface area contributed by atoms with Crippen LogP contribution >= 0.6 is 0 Å². The van der Waals surface area contributed by atoms with Gasteiger partial charge in [-0.3, -0.25) is 4.79 Å². The van der Waals surface area contributed by atoms with E-state index in [1.54, 1.807) is 0 Å². The number of rotatable bonds is 7. The molecular weight excluding hydrogens is 264 g/mol. The van der Waals surface area contributed by atoms with E-state index >= 15 is 0 Å². The Kier molecular flexibility index (Phi) is 6.07. The first-order chi connectivity index (χ1) is 9.35. The molecule has 3 nitrogen and oxygen atoms in total. The number of hydrogen-bond acceptors (Lipinski definition) is 2. The van der Waals surface area contributed by atoms with Gasteiger partial charge in [0.15, 0.2) is 11.6 Å². The molecule has 1 aromatic rings. The molecule has 1 amide bonds. The zero-order chi connectivity index (χ0) is 15.2. The molecule has 0 aliphatic rings. The summed E-state index contributed by atoms with van der Waals surface area (Å²) < 4.78 is 26.3. The van der Waals surface area contributed by atoms with Crippen molar-refractivity contribution in [2.75, 3.05) is 13.2 Å². The quantitative estimate of drug-likeness (QED) is 0.756. The zero-order valence-electron chi connectivity index (χ0n) is 11.9. The number of hydrogen-bond donors (Lipinski definition) is 2. The fourth-order valence-electron chi connectivity index (χ4n) is 1.79. The SMILES string of the molecule is CC(C)(CO)CCCNC(=O)Cc1cccc(F)c1F. The molecule has 0 saturated heterocycles. The van der Waals surface area contributed by atoms with Crippen molar-refractivity contribution in [1.82, 2.24) is 5.32 Å². The van der Waals surface area contributed by atoms with Gasteiger partial charge in [0, 0.05) is 18.7 Å². The van der Waals surface area contributed by atoms with Crippen molar-refractivity contribution in [2.45, 2.75) is 33.1 Å². The third-order valence-electron chi connectivity index (χ3n) is 3.16. The van der Waals surface area contributed by atoms with Crippen LogP contribution in [-0.2, 0) is 11.2 Å². The molecule has 0 radical (unpaired) electrons. The highest BCUT2D eigenvalue weighted by Gasteiger charge is 2.16. The Morgan fingerprint density at radius 2 is 2.05 bits per heavy atom. The van der Waals surface area contributed by atoms with Gasteiger partial charge in [-0.1, -0.05) is 26.0 Å². The maximum atomic E-state index is 13.4. The summed E-state index contributed by atoms with van der Waals surface area (Å²) in [7, 11) is 0. The standard InChI is InChI=1S/C15H21F2NO2/c1-15(2,10-19)7-4-8-18-13(20)9-11-5-3-6-12(16)14(11)17/h3,5-6,19H,4,7-10H2,1-2H3,(H,18,20). The van der Waals surface area contributed by atoms with Crippen molar-refractivity contribution in [3.05, 3.63) is 35.4 Å². The predicted octanol–water partition coefficient (Wildman–Crippen LogP) is 2.42. The van der Waals surface area contributed by atoms with Gasteiger partial charge in [0.05, 0.1) is 6.42 Å². The number of aliphatic hydroxyl groups excluding tert-OH is 1. The van der Waals surface area contributed by atoms with Gasteiger partial charge in [0.25, 0.3) is 0 Å². The molecule has 2 N–H and O–H groups in total. The van der Waals surface area contributed by atoms with Crippen LogP contribution < -0.4 is 5.32 Å². The van der Waals surface area contributed by atoms with Gasteiger partial charge in [0.1, 0.15) is 0 Å². The van der Waals surface area contributed by atoms with Crippen molar-refractivity contribution in [1.29, 1.82) is 0 Å². The minimum Gasteiger partial charge on any atom is -0.396 e. The smallest absolute Gasteiger partial charge is 0.224 e. The first-order valence-electron chi connectivity index (χ1n) is 6.66. The number of aliphatic hydroxyl groups is 1. The van der Waals surface area contributed by atoms with E-state index in [0.717, 1.165) is 18.9 Å². The summed E-state index contributed by atoms with van der Waals surface area (Å²) in [5, 5.41) is 11.8. The number of halogens is 2. The maximum Gasteiger partial charge on any atom is 0.224 e. The highest BCUT2D eigenvalue weighted by Crippen LogP contribution is 2.20. The van der Waals surface area contributed by atoms with Crippen LogP contribution in [0.4, 0.5) is 8.78 Å². The summed E-state index contributed by atoms with van der Waals surface area (Å²) in [6, 6.07) is 3.80. The molecule has 0 saturated carbocycles. The average Bonchev–Trinajstić information content (AvgIpc) is 2.40. The number of benzene rings is 1. The molecule has 5 heteroatoms.